The number of aliphatic hydroxyl groups excluding tert-OH is 1. The van der Waals surface area contributed by atoms with Crippen molar-refractivity contribution in [2.45, 2.75) is 19.9 Å². The number of nitrogens with one attached hydrogen (secondary N) is 2. The lowest BCUT2D eigenvalue weighted by atomic mass is 9.99. The fourth-order valence-electron chi connectivity index (χ4n) is 2.59. The Bertz CT molecular complexity index is 975. The zero-order chi connectivity index (χ0) is 19.6. The summed E-state index contributed by atoms with van der Waals surface area (Å²) in [5.74, 6) is -0.290. The molecule has 3 N–H and O–H groups in total. The quantitative estimate of drug-likeness (QED) is 0.519. The van der Waals surface area contributed by atoms with E-state index >= 15 is 0 Å². The Morgan fingerprint density at radius 2 is 2.04 bits per heavy atom. The number of halogens is 1. The van der Waals surface area contributed by atoms with E-state index in [0.29, 0.717) is 22.6 Å². The van der Waals surface area contributed by atoms with Gasteiger partial charge in [-0.1, -0.05) is 33.2 Å². The van der Waals surface area contributed by atoms with Crippen molar-refractivity contribution in [3.63, 3.8) is 0 Å². The number of amides is 1. The van der Waals surface area contributed by atoms with Crippen LogP contribution < -0.4 is 5.32 Å². The number of aliphatic hydroxyl groups is 1. The fraction of sp³-hybridized carbons (Fsp3) is 0.211. The molecule has 0 radical (unpaired) electrons. The zero-order valence-electron chi connectivity index (χ0n) is 14.7. The summed E-state index contributed by atoms with van der Waals surface area (Å²) < 4.78 is 6.16. The highest BCUT2D eigenvalue weighted by atomic mass is 79.9. The number of H-pyrrole nitrogens is 1. The second kappa shape index (κ2) is 7.89. The average molecular weight is 432 g/mol. The van der Waals surface area contributed by atoms with Gasteiger partial charge in [-0.05, 0) is 32.0 Å². The normalized spacial score (nSPS) is 12.0. The van der Waals surface area contributed by atoms with Crippen LogP contribution in [0, 0.1) is 6.92 Å². The minimum absolute atomic E-state index is 0.172. The van der Waals surface area contributed by atoms with Crippen molar-refractivity contribution >= 4 is 27.6 Å². The molecule has 0 aliphatic heterocycles. The molecule has 27 heavy (non-hydrogen) atoms. The fourth-order valence-corrected chi connectivity index (χ4v) is 2.86. The molecule has 1 aromatic carbocycles. The average Bonchev–Trinajstić information content (AvgIpc) is 3.29. The maximum absolute atomic E-state index is 13.0. The number of benzene rings is 1. The first kappa shape index (κ1) is 19.1. The molecule has 140 valence electrons. The minimum Gasteiger partial charge on any atom is -0.394 e. The SMILES string of the molecule is Cc1onc(-c2ccc(Br)cc2)c1C(=O)c1c[nH]c(C(=O)N[C@H](C)CO)c1. The van der Waals surface area contributed by atoms with Gasteiger partial charge in [-0.25, -0.2) is 0 Å². The van der Waals surface area contributed by atoms with E-state index < -0.39 is 5.91 Å². The van der Waals surface area contributed by atoms with Crippen LogP contribution in [0.1, 0.15) is 39.1 Å². The molecule has 0 saturated carbocycles. The first-order valence-electron chi connectivity index (χ1n) is 8.27. The predicted molar refractivity (Wildman–Crippen MR) is 103 cm³/mol. The van der Waals surface area contributed by atoms with Crippen LogP contribution >= 0.6 is 15.9 Å². The van der Waals surface area contributed by atoms with E-state index in [9.17, 15) is 9.59 Å². The number of carbonyl (C=O) groups is 2. The third-order valence-corrected chi connectivity index (χ3v) is 4.58. The van der Waals surface area contributed by atoms with Crippen molar-refractivity contribution in [2.24, 2.45) is 0 Å². The van der Waals surface area contributed by atoms with Crippen molar-refractivity contribution < 1.29 is 19.2 Å². The standard InChI is InChI=1S/C19H18BrN3O4/c1-10(9-24)22-19(26)15-7-13(8-21-15)18(25)16-11(2)27-23-17(16)12-3-5-14(20)6-4-12/h3-8,10,21,24H,9H2,1-2H3,(H,22,26)/t10-/m1/s1. The van der Waals surface area contributed by atoms with Crippen molar-refractivity contribution in [3.8, 4) is 11.3 Å². The maximum atomic E-state index is 13.0. The van der Waals surface area contributed by atoms with Crippen LogP contribution in [-0.4, -0.2) is 39.6 Å². The molecule has 0 aliphatic rings. The van der Waals surface area contributed by atoms with Crippen molar-refractivity contribution in [1.82, 2.24) is 15.5 Å². The summed E-state index contributed by atoms with van der Waals surface area (Å²) in [7, 11) is 0. The van der Waals surface area contributed by atoms with Crippen molar-refractivity contribution in [2.75, 3.05) is 6.61 Å². The van der Waals surface area contributed by atoms with Gasteiger partial charge >= 0.3 is 0 Å². The van der Waals surface area contributed by atoms with Crippen molar-refractivity contribution in [1.29, 1.82) is 0 Å². The highest BCUT2D eigenvalue weighted by Crippen LogP contribution is 2.28. The summed E-state index contributed by atoms with van der Waals surface area (Å²) in [5, 5.41) is 15.7. The van der Waals surface area contributed by atoms with Crippen LogP contribution in [0.15, 0.2) is 45.5 Å². The summed E-state index contributed by atoms with van der Waals surface area (Å²) >= 11 is 3.38. The van der Waals surface area contributed by atoms with Gasteiger partial charge in [-0.2, -0.15) is 0 Å². The third-order valence-electron chi connectivity index (χ3n) is 4.05. The molecular weight excluding hydrogens is 414 g/mol. The molecule has 3 rings (SSSR count). The molecule has 1 amide bonds. The number of nitrogens with zero attached hydrogens (tertiary/aromatic N) is 1. The smallest absolute Gasteiger partial charge is 0.268 e. The Morgan fingerprint density at radius 3 is 2.70 bits per heavy atom. The Morgan fingerprint density at radius 1 is 1.33 bits per heavy atom. The lowest BCUT2D eigenvalue weighted by molar-refractivity contribution is 0.0917. The number of rotatable bonds is 6. The highest BCUT2D eigenvalue weighted by Gasteiger charge is 2.24. The summed E-state index contributed by atoms with van der Waals surface area (Å²) in [6.45, 7) is 3.18. The van der Waals surface area contributed by atoms with Gasteiger partial charge in [0.15, 0.2) is 5.78 Å². The summed E-state index contributed by atoms with van der Waals surface area (Å²) in [5.41, 5.74) is 2.11. The summed E-state index contributed by atoms with van der Waals surface area (Å²) in [6.07, 6.45) is 1.47. The van der Waals surface area contributed by atoms with Crippen LogP contribution in [-0.2, 0) is 0 Å². The molecule has 0 fully saturated rings. The van der Waals surface area contributed by atoms with E-state index in [1.54, 1.807) is 13.8 Å². The highest BCUT2D eigenvalue weighted by molar-refractivity contribution is 9.10. The monoisotopic (exact) mass is 431 g/mol. The van der Waals surface area contributed by atoms with Gasteiger partial charge in [-0.3, -0.25) is 9.59 Å². The van der Waals surface area contributed by atoms with Gasteiger partial charge in [0, 0.05) is 27.8 Å². The zero-order valence-corrected chi connectivity index (χ0v) is 16.3. The Labute approximate surface area is 163 Å². The van der Waals surface area contributed by atoms with Gasteiger partial charge in [-0.15, -0.1) is 0 Å². The molecule has 2 aromatic heterocycles. The van der Waals surface area contributed by atoms with Crippen LogP contribution in [0.4, 0.5) is 0 Å². The molecule has 0 unspecified atom stereocenters. The number of aromatic amines is 1. The first-order valence-corrected chi connectivity index (χ1v) is 9.07. The summed E-state index contributed by atoms with van der Waals surface area (Å²) in [4.78, 5) is 27.9. The van der Waals surface area contributed by atoms with Crippen LogP contribution in [0.3, 0.4) is 0 Å². The minimum atomic E-state index is -0.397. The van der Waals surface area contributed by atoms with Gasteiger partial charge in [0.25, 0.3) is 5.91 Å². The second-order valence-corrected chi connectivity index (χ2v) is 7.07. The van der Waals surface area contributed by atoms with E-state index in [1.807, 2.05) is 24.3 Å². The lowest BCUT2D eigenvalue weighted by Crippen LogP contribution is -2.35. The second-order valence-electron chi connectivity index (χ2n) is 6.16. The molecular formula is C19H18BrN3O4. The predicted octanol–water partition coefficient (Wildman–Crippen LogP) is 3.08. The van der Waals surface area contributed by atoms with Crippen LogP contribution in [0.25, 0.3) is 11.3 Å². The van der Waals surface area contributed by atoms with Gasteiger partial charge in [0.05, 0.1) is 12.2 Å². The number of hydrogen-bond donors (Lipinski definition) is 3. The lowest BCUT2D eigenvalue weighted by Gasteiger charge is -2.08. The van der Waals surface area contributed by atoms with E-state index in [2.05, 4.69) is 31.4 Å². The van der Waals surface area contributed by atoms with Crippen molar-refractivity contribution in [3.05, 3.63) is 63.6 Å². The van der Waals surface area contributed by atoms with Gasteiger partial charge in [0.1, 0.15) is 17.1 Å². The maximum Gasteiger partial charge on any atom is 0.268 e. The van der Waals surface area contributed by atoms with E-state index in [4.69, 9.17) is 9.63 Å². The van der Waals surface area contributed by atoms with Gasteiger partial charge < -0.3 is 19.9 Å². The number of ketones is 1. The van der Waals surface area contributed by atoms with E-state index in [0.717, 1.165) is 10.0 Å². The molecule has 0 bridgehead atoms. The molecule has 7 nitrogen and oxygen atoms in total. The molecule has 8 heteroatoms. The molecule has 0 saturated heterocycles. The largest absolute Gasteiger partial charge is 0.394 e. The van der Waals surface area contributed by atoms with Gasteiger partial charge in [0.2, 0.25) is 0 Å². The Hall–Kier alpha value is -2.71. The van der Waals surface area contributed by atoms with Crippen LogP contribution in [0.2, 0.25) is 0 Å². The third kappa shape index (κ3) is 4.01. The number of aromatic nitrogens is 2. The Kier molecular flexibility index (Phi) is 5.57. The van der Waals surface area contributed by atoms with E-state index in [1.165, 1.54) is 12.3 Å². The number of hydrogen-bond acceptors (Lipinski definition) is 5. The molecule has 1 atom stereocenters. The molecule has 0 aliphatic carbocycles. The number of carbonyl (C=O) groups excluding carboxylic acids is 2. The van der Waals surface area contributed by atoms with Crippen LogP contribution in [0.5, 0.6) is 0 Å². The number of aryl methyl sites for hydroxylation is 1. The molecule has 3 aromatic rings. The molecule has 0 spiro atoms. The topological polar surface area (TPSA) is 108 Å². The summed E-state index contributed by atoms with van der Waals surface area (Å²) in [6, 6.07) is 8.47. The Balaban J connectivity index is 1.90. The molecule has 2 heterocycles. The van der Waals surface area contributed by atoms with E-state index in [-0.39, 0.29) is 24.1 Å². The first-order chi connectivity index (χ1) is 12.9.